The summed E-state index contributed by atoms with van der Waals surface area (Å²) in [7, 11) is 2.71. The van der Waals surface area contributed by atoms with E-state index in [0.29, 0.717) is 37.8 Å². The molecule has 4 N–H and O–H groups in total. The number of carboxylic acid groups (broad SMARTS) is 1. The summed E-state index contributed by atoms with van der Waals surface area (Å²) in [6.45, 7) is 9.08. The van der Waals surface area contributed by atoms with E-state index in [1.165, 1.54) is 14.2 Å². The van der Waals surface area contributed by atoms with Crippen molar-refractivity contribution in [2.24, 2.45) is 11.8 Å². The molecular formula is C42H52N8O8. The number of likely N-dealkylation sites (N-methyl/N-ethyl adjacent to an activating group) is 1. The highest BCUT2D eigenvalue weighted by Crippen LogP contribution is 2.43. The third kappa shape index (κ3) is 8.03. The van der Waals surface area contributed by atoms with Gasteiger partial charge in [-0.25, -0.2) is 19.6 Å². The van der Waals surface area contributed by atoms with Gasteiger partial charge in [0.25, 0.3) is 0 Å². The van der Waals surface area contributed by atoms with Crippen LogP contribution < -0.4 is 5.32 Å². The van der Waals surface area contributed by atoms with Crippen molar-refractivity contribution in [2.75, 3.05) is 40.5 Å². The number of carbonyl (C=O) groups is 4. The predicted octanol–water partition coefficient (Wildman–Crippen LogP) is 5.83. The van der Waals surface area contributed by atoms with Gasteiger partial charge in [0.1, 0.15) is 23.7 Å². The first-order valence-corrected chi connectivity index (χ1v) is 19.8. The van der Waals surface area contributed by atoms with Crippen molar-refractivity contribution in [2.45, 2.75) is 76.9 Å². The predicted molar refractivity (Wildman–Crippen MR) is 213 cm³/mol. The molecule has 3 aliphatic heterocycles. The zero-order chi connectivity index (χ0) is 41.3. The molecule has 7 rings (SSSR count). The Morgan fingerprint density at radius 3 is 1.86 bits per heavy atom. The Bertz CT molecular complexity index is 2110. The smallest absolute Gasteiger partial charge is 0.407 e. The van der Waals surface area contributed by atoms with E-state index >= 15 is 0 Å². The molecule has 3 aliphatic rings. The van der Waals surface area contributed by atoms with Gasteiger partial charge in [0.05, 0.1) is 62.7 Å². The number of carbonyl (C=O) groups excluding carboxylic acids is 3. The zero-order valence-corrected chi connectivity index (χ0v) is 33.7. The number of rotatable bonds is 11. The molecule has 2 aromatic carbocycles. The van der Waals surface area contributed by atoms with Crippen molar-refractivity contribution in [3.05, 3.63) is 72.6 Å². The minimum atomic E-state index is -1.13. The number of alkyl carbamates (subject to hydrolysis) is 1. The van der Waals surface area contributed by atoms with Crippen LogP contribution in [0.2, 0.25) is 0 Å². The van der Waals surface area contributed by atoms with Crippen molar-refractivity contribution < 1.29 is 38.5 Å². The second-order valence-corrected chi connectivity index (χ2v) is 15.9. The number of aromatic amines is 2. The van der Waals surface area contributed by atoms with Gasteiger partial charge in [-0.05, 0) is 46.9 Å². The van der Waals surface area contributed by atoms with Crippen molar-refractivity contribution in [1.82, 2.24) is 40.0 Å². The number of amides is 4. The van der Waals surface area contributed by atoms with Crippen molar-refractivity contribution >= 4 is 24.0 Å². The average molecular weight is 797 g/mol. The number of hydrogen-bond acceptors (Lipinski definition) is 9. The van der Waals surface area contributed by atoms with Crippen LogP contribution in [-0.2, 0) is 23.8 Å². The third-order valence-electron chi connectivity index (χ3n) is 11.5. The molecule has 0 saturated carbocycles. The molecule has 3 saturated heterocycles. The third-order valence-corrected chi connectivity index (χ3v) is 11.5. The van der Waals surface area contributed by atoms with Gasteiger partial charge >= 0.3 is 12.2 Å². The van der Waals surface area contributed by atoms with E-state index in [1.807, 2.05) is 76.2 Å². The van der Waals surface area contributed by atoms with Crippen LogP contribution in [0.25, 0.3) is 33.6 Å². The van der Waals surface area contributed by atoms with Gasteiger partial charge < -0.3 is 44.4 Å². The summed E-state index contributed by atoms with van der Waals surface area (Å²) in [5.74, 6) is -0.498. The Hall–Kier alpha value is -5.74. The lowest BCUT2D eigenvalue weighted by Crippen LogP contribution is -2.52. The summed E-state index contributed by atoms with van der Waals surface area (Å²) in [4.78, 5) is 72.2. The van der Waals surface area contributed by atoms with Gasteiger partial charge in [0, 0.05) is 20.0 Å². The number of H-pyrrole nitrogens is 2. The molecule has 1 spiro atoms. The van der Waals surface area contributed by atoms with Crippen LogP contribution in [0, 0.1) is 11.8 Å². The summed E-state index contributed by atoms with van der Waals surface area (Å²) in [5, 5.41) is 12.3. The number of likely N-dealkylation sites (tertiary alicyclic amines) is 2. The molecule has 308 valence electrons. The van der Waals surface area contributed by atoms with Crippen molar-refractivity contribution in [3.8, 4) is 33.6 Å². The van der Waals surface area contributed by atoms with E-state index in [2.05, 4.69) is 20.3 Å². The van der Waals surface area contributed by atoms with Gasteiger partial charge in [-0.2, -0.15) is 0 Å². The first-order chi connectivity index (χ1) is 27.8. The Kier molecular flexibility index (Phi) is 11.6. The lowest BCUT2D eigenvalue weighted by molar-refractivity contribution is -0.153. The maximum Gasteiger partial charge on any atom is 0.407 e. The van der Waals surface area contributed by atoms with Crippen LogP contribution in [0.15, 0.2) is 60.9 Å². The van der Waals surface area contributed by atoms with E-state index in [0.717, 1.165) is 51.4 Å². The number of imidazole rings is 2. The van der Waals surface area contributed by atoms with Crippen molar-refractivity contribution in [1.29, 1.82) is 0 Å². The quantitative estimate of drug-likeness (QED) is 0.143. The Labute approximate surface area is 337 Å². The minimum Gasteiger partial charge on any atom is -0.465 e. The molecule has 16 heteroatoms. The first kappa shape index (κ1) is 40.5. The van der Waals surface area contributed by atoms with Crippen LogP contribution in [0.3, 0.4) is 0 Å². The molecule has 0 radical (unpaired) electrons. The van der Waals surface area contributed by atoms with Gasteiger partial charge in [0.15, 0.2) is 5.79 Å². The number of benzene rings is 2. The zero-order valence-electron chi connectivity index (χ0n) is 33.7. The molecule has 0 unspecified atom stereocenters. The van der Waals surface area contributed by atoms with Crippen LogP contribution in [0.4, 0.5) is 9.59 Å². The number of nitrogens with one attached hydrogen (secondary N) is 3. The molecule has 2 aromatic heterocycles. The normalized spacial score (nSPS) is 19.9. The highest BCUT2D eigenvalue weighted by Gasteiger charge is 2.53. The molecular weight excluding hydrogens is 745 g/mol. The molecule has 16 nitrogen and oxygen atoms in total. The van der Waals surface area contributed by atoms with E-state index in [1.54, 1.807) is 22.2 Å². The van der Waals surface area contributed by atoms with Crippen LogP contribution in [0.1, 0.15) is 70.7 Å². The molecule has 0 aliphatic carbocycles. The van der Waals surface area contributed by atoms with Crippen LogP contribution in [0.5, 0.6) is 0 Å². The fraction of sp³-hybridized carbons (Fsp3) is 0.476. The largest absolute Gasteiger partial charge is 0.465 e. The second-order valence-electron chi connectivity index (χ2n) is 15.9. The number of methoxy groups -OCH3 is 1. The average Bonchev–Trinajstić information content (AvgIpc) is 4.07. The maximum atomic E-state index is 13.9. The summed E-state index contributed by atoms with van der Waals surface area (Å²) < 4.78 is 16.8. The Morgan fingerprint density at radius 1 is 0.828 bits per heavy atom. The molecule has 4 atom stereocenters. The standard InChI is InChI=1S/C42H52N8O8/c1-24(2)34(47-40(53)56-6)38(51)50-23-42(57-18-19-58-42)20-33(50)37-44-22-31(46-37)29-15-11-27(12-16-29)26-9-13-28(14-10-26)30-21-43-36(45-30)32-8-7-17-49(32)39(52)35(25(3)4)48(5)41(54)55/h9-16,21-22,24-25,32-35H,7-8,17-20,23H2,1-6H3,(H,43,45)(H,44,46)(H,47,53)(H,54,55)/t32-,33-,34-,35-/m0/s1. The topological polar surface area (TPSA) is 195 Å². The maximum absolute atomic E-state index is 13.9. The highest BCUT2D eigenvalue weighted by atomic mass is 16.7. The Morgan fingerprint density at radius 2 is 1.36 bits per heavy atom. The summed E-state index contributed by atoms with van der Waals surface area (Å²) in [6.07, 6.45) is 3.68. The monoisotopic (exact) mass is 796 g/mol. The van der Waals surface area contributed by atoms with Crippen LogP contribution >= 0.6 is 0 Å². The fourth-order valence-corrected chi connectivity index (χ4v) is 8.39. The number of nitrogens with zero attached hydrogens (tertiary/aromatic N) is 5. The molecule has 3 fully saturated rings. The number of ether oxygens (including phenoxy) is 3. The molecule has 4 aromatic rings. The summed E-state index contributed by atoms with van der Waals surface area (Å²) in [5.41, 5.74) is 5.53. The van der Waals surface area contributed by atoms with E-state index in [9.17, 15) is 24.3 Å². The molecule has 0 bridgehead atoms. The van der Waals surface area contributed by atoms with Gasteiger partial charge in [-0.15, -0.1) is 0 Å². The molecule has 58 heavy (non-hydrogen) atoms. The Balaban J connectivity index is 1.04. The summed E-state index contributed by atoms with van der Waals surface area (Å²) in [6, 6.07) is 14.0. The number of aromatic nitrogens is 4. The van der Waals surface area contributed by atoms with Gasteiger partial charge in [-0.1, -0.05) is 76.2 Å². The van der Waals surface area contributed by atoms with Crippen molar-refractivity contribution in [3.63, 3.8) is 0 Å². The van der Waals surface area contributed by atoms with Gasteiger partial charge in [0.2, 0.25) is 11.8 Å². The van der Waals surface area contributed by atoms with Crippen LogP contribution in [-0.4, -0.2) is 122 Å². The summed E-state index contributed by atoms with van der Waals surface area (Å²) >= 11 is 0. The first-order valence-electron chi connectivity index (χ1n) is 19.8. The SMILES string of the molecule is COC(=O)N[C@H](C(=O)N1CC2(C[C@H]1c1ncc(-c3ccc(-c4ccc(-c5cnc([C@@H]6CCCN6C(=O)[C@H](C(C)C)N(C)C(=O)O)[nH]5)cc4)cc3)[nH]1)OCCO2)C(C)C. The fourth-order valence-electron chi connectivity index (χ4n) is 8.39. The number of hydrogen-bond donors (Lipinski definition) is 4. The molecule has 4 amide bonds. The van der Waals surface area contributed by atoms with E-state index in [4.69, 9.17) is 19.2 Å². The highest BCUT2D eigenvalue weighted by molar-refractivity contribution is 5.87. The minimum absolute atomic E-state index is 0.180. The molecule has 5 heterocycles. The lowest BCUT2D eigenvalue weighted by Gasteiger charge is -2.33. The van der Waals surface area contributed by atoms with E-state index in [-0.39, 0.29) is 36.2 Å². The second kappa shape index (κ2) is 16.6. The lowest BCUT2D eigenvalue weighted by atomic mass is 10.0. The van der Waals surface area contributed by atoms with Gasteiger partial charge in [-0.3, -0.25) is 14.5 Å². The van der Waals surface area contributed by atoms with E-state index < -0.39 is 36.1 Å².